The molecule has 2 rings (SSSR count). The summed E-state index contributed by atoms with van der Waals surface area (Å²) >= 11 is 0. The molecular formula is C19H25NO. The summed E-state index contributed by atoms with van der Waals surface area (Å²) in [5, 5.41) is 8.84. The van der Waals surface area contributed by atoms with Gasteiger partial charge in [0, 0.05) is 13.2 Å². The van der Waals surface area contributed by atoms with Crippen LogP contribution in [0.1, 0.15) is 55.6 Å². The van der Waals surface area contributed by atoms with Crippen molar-refractivity contribution in [2.45, 2.75) is 44.4 Å². The molecule has 0 bridgehead atoms. The maximum atomic E-state index is 8.84. The summed E-state index contributed by atoms with van der Waals surface area (Å²) in [4.78, 5) is 0. The van der Waals surface area contributed by atoms with E-state index in [0.717, 1.165) is 31.1 Å². The number of ether oxygens (including phenoxy) is 1. The molecule has 0 atom stereocenters. The average molecular weight is 283 g/mol. The second kappa shape index (κ2) is 8.64. The molecule has 0 aliphatic heterocycles. The van der Waals surface area contributed by atoms with E-state index in [-0.39, 0.29) is 0 Å². The minimum absolute atomic E-state index is 0.677. The Balaban J connectivity index is 1.70. The molecule has 0 spiro atoms. The molecule has 0 amide bonds. The molecule has 2 heteroatoms. The Morgan fingerprint density at radius 1 is 1.14 bits per heavy atom. The molecule has 0 heterocycles. The molecule has 0 radical (unpaired) electrons. The molecule has 1 aromatic rings. The summed E-state index contributed by atoms with van der Waals surface area (Å²) < 4.78 is 5.61. The van der Waals surface area contributed by atoms with Gasteiger partial charge >= 0.3 is 0 Å². The predicted octanol–water partition coefficient (Wildman–Crippen LogP) is 4.81. The summed E-state index contributed by atoms with van der Waals surface area (Å²) in [6, 6.07) is 10.3. The maximum absolute atomic E-state index is 8.84. The quantitative estimate of drug-likeness (QED) is 0.531. The highest BCUT2D eigenvalue weighted by Gasteiger charge is 2.22. The van der Waals surface area contributed by atoms with Crippen molar-refractivity contribution in [2.24, 2.45) is 5.92 Å². The van der Waals surface area contributed by atoms with Crippen LogP contribution < -0.4 is 0 Å². The lowest BCUT2D eigenvalue weighted by Crippen LogP contribution is -2.15. The van der Waals surface area contributed by atoms with Crippen LogP contribution >= 0.6 is 0 Å². The zero-order valence-corrected chi connectivity index (χ0v) is 12.8. The van der Waals surface area contributed by atoms with Gasteiger partial charge in [-0.2, -0.15) is 5.26 Å². The second-order valence-electron chi connectivity index (χ2n) is 5.93. The molecule has 1 aromatic carbocycles. The minimum Gasteiger partial charge on any atom is -0.381 e. The second-order valence-corrected chi connectivity index (χ2v) is 5.93. The molecule has 0 aromatic heterocycles. The van der Waals surface area contributed by atoms with Crippen LogP contribution in [0.25, 0.3) is 0 Å². The molecule has 1 aliphatic rings. The SMILES string of the molecule is C=CCCOCCC1CCC(c2ccc(C#N)cc2)CC1. The van der Waals surface area contributed by atoms with Crippen LogP contribution in [0.2, 0.25) is 0 Å². The number of rotatable bonds is 7. The summed E-state index contributed by atoms with van der Waals surface area (Å²) in [7, 11) is 0. The van der Waals surface area contributed by atoms with Crippen molar-refractivity contribution in [1.82, 2.24) is 0 Å². The van der Waals surface area contributed by atoms with Crippen molar-refractivity contribution in [3.8, 4) is 6.07 Å². The van der Waals surface area contributed by atoms with Crippen molar-refractivity contribution in [3.05, 3.63) is 48.0 Å². The first-order chi connectivity index (χ1) is 10.3. The Labute approximate surface area is 128 Å². The summed E-state index contributed by atoms with van der Waals surface area (Å²) in [6.45, 7) is 5.40. The van der Waals surface area contributed by atoms with E-state index in [1.807, 2.05) is 18.2 Å². The highest BCUT2D eigenvalue weighted by Crippen LogP contribution is 2.37. The fourth-order valence-electron chi connectivity index (χ4n) is 3.13. The van der Waals surface area contributed by atoms with Crippen molar-refractivity contribution in [1.29, 1.82) is 5.26 Å². The van der Waals surface area contributed by atoms with Gasteiger partial charge in [-0.15, -0.1) is 6.58 Å². The van der Waals surface area contributed by atoms with E-state index in [4.69, 9.17) is 10.00 Å². The molecule has 1 aliphatic carbocycles. The first-order valence-corrected chi connectivity index (χ1v) is 8.02. The van der Waals surface area contributed by atoms with Crippen LogP contribution in [0.15, 0.2) is 36.9 Å². The van der Waals surface area contributed by atoms with Crippen LogP contribution in [-0.4, -0.2) is 13.2 Å². The van der Waals surface area contributed by atoms with Gasteiger partial charge < -0.3 is 4.74 Å². The van der Waals surface area contributed by atoms with Crippen molar-refractivity contribution in [2.75, 3.05) is 13.2 Å². The lowest BCUT2D eigenvalue weighted by molar-refractivity contribution is 0.116. The standard InChI is InChI=1S/C19H25NO/c1-2-3-13-21-14-12-16-4-8-18(9-5-16)19-10-6-17(15-20)7-11-19/h2,6-7,10-11,16,18H,1,3-5,8-9,12-14H2. The zero-order chi connectivity index (χ0) is 14.9. The summed E-state index contributed by atoms with van der Waals surface area (Å²) in [5.74, 6) is 1.50. The van der Waals surface area contributed by atoms with Crippen LogP contribution in [0.4, 0.5) is 0 Å². The third-order valence-corrected chi connectivity index (χ3v) is 4.49. The third kappa shape index (κ3) is 5.02. The molecule has 0 N–H and O–H groups in total. The van der Waals surface area contributed by atoms with Gasteiger partial charge in [0.25, 0.3) is 0 Å². The molecular weight excluding hydrogens is 258 g/mol. The Morgan fingerprint density at radius 2 is 1.86 bits per heavy atom. The minimum atomic E-state index is 0.677. The van der Waals surface area contributed by atoms with Crippen molar-refractivity contribution in [3.63, 3.8) is 0 Å². The summed E-state index contributed by atoms with van der Waals surface area (Å²) in [6.07, 6.45) is 9.18. The number of nitrogens with zero attached hydrogens (tertiary/aromatic N) is 1. The first kappa shape index (κ1) is 15.8. The number of benzene rings is 1. The van der Waals surface area contributed by atoms with Gasteiger partial charge in [0.1, 0.15) is 0 Å². The maximum Gasteiger partial charge on any atom is 0.0991 e. The molecule has 0 saturated heterocycles. The molecule has 112 valence electrons. The summed E-state index contributed by atoms with van der Waals surface area (Å²) in [5.41, 5.74) is 2.15. The highest BCUT2D eigenvalue weighted by atomic mass is 16.5. The molecule has 1 saturated carbocycles. The van der Waals surface area contributed by atoms with E-state index in [0.29, 0.717) is 5.92 Å². The Bertz CT molecular complexity index is 463. The van der Waals surface area contributed by atoms with Crippen molar-refractivity contribution < 1.29 is 4.74 Å². The van der Waals surface area contributed by atoms with Gasteiger partial charge in [0.15, 0.2) is 0 Å². The van der Waals surface area contributed by atoms with E-state index in [1.165, 1.54) is 37.7 Å². The van der Waals surface area contributed by atoms with Crippen LogP contribution in [0, 0.1) is 17.2 Å². The van der Waals surface area contributed by atoms with Crippen LogP contribution in [-0.2, 0) is 4.74 Å². The van der Waals surface area contributed by atoms with Crippen LogP contribution in [0.5, 0.6) is 0 Å². The van der Waals surface area contributed by atoms with Gasteiger partial charge in [-0.1, -0.05) is 18.2 Å². The molecule has 1 fully saturated rings. The van der Waals surface area contributed by atoms with E-state index in [2.05, 4.69) is 24.8 Å². The average Bonchev–Trinajstić information content (AvgIpc) is 2.55. The Hall–Kier alpha value is -1.59. The first-order valence-electron chi connectivity index (χ1n) is 8.02. The molecule has 0 unspecified atom stereocenters. The topological polar surface area (TPSA) is 33.0 Å². The fraction of sp³-hybridized carbons (Fsp3) is 0.526. The number of nitriles is 1. The van der Waals surface area contributed by atoms with E-state index >= 15 is 0 Å². The predicted molar refractivity (Wildman–Crippen MR) is 86.1 cm³/mol. The van der Waals surface area contributed by atoms with Gasteiger partial charge in [-0.05, 0) is 68.1 Å². The molecule has 2 nitrogen and oxygen atoms in total. The van der Waals surface area contributed by atoms with Gasteiger partial charge in [0.2, 0.25) is 0 Å². The smallest absolute Gasteiger partial charge is 0.0991 e. The largest absolute Gasteiger partial charge is 0.381 e. The lowest BCUT2D eigenvalue weighted by Gasteiger charge is -2.28. The van der Waals surface area contributed by atoms with E-state index in [9.17, 15) is 0 Å². The Kier molecular flexibility index (Phi) is 6.50. The van der Waals surface area contributed by atoms with E-state index in [1.54, 1.807) is 0 Å². The zero-order valence-electron chi connectivity index (χ0n) is 12.8. The number of hydrogen-bond donors (Lipinski definition) is 0. The van der Waals surface area contributed by atoms with Gasteiger partial charge in [-0.3, -0.25) is 0 Å². The third-order valence-electron chi connectivity index (χ3n) is 4.49. The monoisotopic (exact) mass is 283 g/mol. The highest BCUT2D eigenvalue weighted by molar-refractivity contribution is 5.33. The normalized spacial score (nSPS) is 21.7. The lowest BCUT2D eigenvalue weighted by atomic mass is 9.77. The van der Waals surface area contributed by atoms with E-state index < -0.39 is 0 Å². The van der Waals surface area contributed by atoms with Crippen LogP contribution in [0.3, 0.4) is 0 Å². The molecule has 21 heavy (non-hydrogen) atoms. The van der Waals surface area contributed by atoms with Gasteiger partial charge in [0.05, 0.1) is 11.6 Å². The fourth-order valence-corrected chi connectivity index (χ4v) is 3.13. The van der Waals surface area contributed by atoms with Gasteiger partial charge in [-0.25, -0.2) is 0 Å². The van der Waals surface area contributed by atoms with Crippen molar-refractivity contribution >= 4 is 0 Å². The Morgan fingerprint density at radius 3 is 2.48 bits per heavy atom. The number of hydrogen-bond acceptors (Lipinski definition) is 2.